The molecule has 0 unspecified atom stereocenters. The molecule has 0 aromatic heterocycles. The predicted octanol–water partition coefficient (Wildman–Crippen LogP) is 5.37. The van der Waals surface area contributed by atoms with Crippen LogP contribution in [0.4, 0.5) is 22.7 Å². The number of nitrogens with zero attached hydrogens (tertiary/aromatic N) is 3. The molecule has 0 bridgehead atoms. The van der Waals surface area contributed by atoms with Crippen molar-refractivity contribution in [3.05, 3.63) is 48.5 Å². The van der Waals surface area contributed by atoms with E-state index in [9.17, 15) is 9.59 Å². The summed E-state index contributed by atoms with van der Waals surface area (Å²) < 4.78 is 0. The van der Waals surface area contributed by atoms with Crippen LogP contribution in [-0.2, 0) is 9.59 Å². The quantitative estimate of drug-likeness (QED) is 0.575. The molecule has 0 saturated carbocycles. The van der Waals surface area contributed by atoms with E-state index in [-0.39, 0.29) is 11.8 Å². The van der Waals surface area contributed by atoms with Crippen LogP contribution in [0.5, 0.6) is 0 Å². The molecule has 0 heterocycles. The van der Waals surface area contributed by atoms with Gasteiger partial charge >= 0.3 is 0 Å². The predicted molar refractivity (Wildman–Crippen MR) is 122 cm³/mol. The number of carbonyl (C=O) groups excluding carboxylic acids is 2. The molecule has 7 heteroatoms. The summed E-state index contributed by atoms with van der Waals surface area (Å²) in [5, 5.41) is 14.2. The highest BCUT2D eigenvalue weighted by Gasteiger charge is 2.20. The molecule has 2 amide bonds. The standard InChI is InChI=1S/C23H31N5O2/c1-6-28(7-2)16-21(29)24-17-8-12-19(13-9-17)26-27-20-14-10-18(11-15-20)25-22(30)23(3,4)5/h8-15H,6-7,16H2,1-5H3,(H,24,29)(H,25,30)/b27-26+. The smallest absolute Gasteiger partial charge is 0.238 e. The molecule has 0 aliphatic rings. The van der Waals surface area contributed by atoms with E-state index in [1.165, 1.54) is 0 Å². The van der Waals surface area contributed by atoms with E-state index in [0.29, 0.717) is 17.9 Å². The van der Waals surface area contributed by atoms with Gasteiger partial charge in [0, 0.05) is 16.8 Å². The van der Waals surface area contributed by atoms with Gasteiger partial charge in [0.05, 0.1) is 17.9 Å². The van der Waals surface area contributed by atoms with Crippen molar-refractivity contribution in [1.82, 2.24) is 4.90 Å². The molecule has 2 aromatic rings. The number of anilines is 2. The number of carbonyl (C=O) groups is 2. The summed E-state index contributed by atoms with van der Waals surface area (Å²) in [6.07, 6.45) is 0. The van der Waals surface area contributed by atoms with Crippen molar-refractivity contribution in [3.8, 4) is 0 Å². The minimum Gasteiger partial charge on any atom is -0.326 e. The first-order valence-electron chi connectivity index (χ1n) is 10.2. The average Bonchev–Trinajstić information content (AvgIpc) is 2.71. The zero-order valence-electron chi connectivity index (χ0n) is 18.4. The van der Waals surface area contributed by atoms with E-state index >= 15 is 0 Å². The second-order valence-corrected chi connectivity index (χ2v) is 8.01. The summed E-state index contributed by atoms with van der Waals surface area (Å²) in [6, 6.07) is 14.4. The van der Waals surface area contributed by atoms with Gasteiger partial charge in [0.1, 0.15) is 0 Å². The second-order valence-electron chi connectivity index (χ2n) is 8.01. The maximum absolute atomic E-state index is 12.1. The molecule has 7 nitrogen and oxygen atoms in total. The third kappa shape index (κ3) is 7.40. The number of hydrogen-bond acceptors (Lipinski definition) is 5. The van der Waals surface area contributed by atoms with Crippen LogP contribution in [0.1, 0.15) is 34.6 Å². The first-order chi connectivity index (χ1) is 14.2. The van der Waals surface area contributed by atoms with E-state index in [0.717, 1.165) is 24.5 Å². The zero-order chi connectivity index (χ0) is 22.1. The van der Waals surface area contributed by atoms with Crippen molar-refractivity contribution in [2.75, 3.05) is 30.3 Å². The molecule has 0 fully saturated rings. The lowest BCUT2D eigenvalue weighted by atomic mass is 9.95. The molecule has 0 aliphatic carbocycles. The number of likely N-dealkylation sites (N-methyl/N-ethyl adjacent to an activating group) is 1. The van der Waals surface area contributed by atoms with Crippen LogP contribution in [0.3, 0.4) is 0 Å². The van der Waals surface area contributed by atoms with Gasteiger partial charge in [-0.05, 0) is 61.6 Å². The molecule has 0 aliphatic heterocycles. The van der Waals surface area contributed by atoms with E-state index in [1.54, 1.807) is 48.5 Å². The maximum Gasteiger partial charge on any atom is 0.238 e. The molecule has 0 radical (unpaired) electrons. The number of azo groups is 1. The van der Waals surface area contributed by atoms with Crippen LogP contribution in [0.15, 0.2) is 58.8 Å². The van der Waals surface area contributed by atoms with E-state index < -0.39 is 5.41 Å². The Hall–Kier alpha value is -3.06. The molecular weight excluding hydrogens is 378 g/mol. The fraction of sp³-hybridized carbons (Fsp3) is 0.391. The highest BCUT2D eigenvalue weighted by molar-refractivity contribution is 5.94. The van der Waals surface area contributed by atoms with Crippen molar-refractivity contribution in [1.29, 1.82) is 0 Å². The van der Waals surface area contributed by atoms with Gasteiger partial charge in [-0.25, -0.2) is 0 Å². The SMILES string of the molecule is CCN(CC)CC(=O)Nc1ccc(/N=N/c2ccc(NC(=O)C(C)(C)C)cc2)cc1. The normalized spacial score (nSPS) is 11.7. The molecule has 160 valence electrons. The van der Waals surface area contributed by atoms with Gasteiger partial charge in [0.15, 0.2) is 0 Å². The minimum absolute atomic E-state index is 0.0354. The van der Waals surface area contributed by atoms with Gasteiger partial charge in [0.2, 0.25) is 11.8 Å². The summed E-state index contributed by atoms with van der Waals surface area (Å²) in [5.41, 5.74) is 2.36. The topological polar surface area (TPSA) is 86.2 Å². The molecule has 2 aromatic carbocycles. The largest absolute Gasteiger partial charge is 0.326 e. The van der Waals surface area contributed by atoms with E-state index in [2.05, 4.69) is 25.8 Å². The maximum atomic E-state index is 12.1. The molecular formula is C23H31N5O2. The van der Waals surface area contributed by atoms with E-state index in [1.807, 2.05) is 34.6 Å². The zero-order valence-corrected chi connectivity index (χ0v) is 18.4. The Labute approximate surface area is 178 Å². The van der Waals surface area contributed by atoms with Crippen molar-refractivity contribution in [2.24, 2.45) is 15.6 Å². The highest BCUT2D eigenvalue weighted by Crippen LogP contribution is 2.23. The minimum atomic E-state index is -0.449. The third-order valence-corrected chi connectivity index (χ3v) is 4.50. The van der Waals surface area contributed by atoms with Crippen molar-refractivity contribution in [3.63, 3.8) is 0 Å². The molecule has 2 rings (SSSR count). The fourth-order valence-electron chi connectivity index (χ4n) is 2.51. The van der Waals surface area contributed by atoms with Crippen LogP contribution < -0.4 is 10.6 Å². The van der Waals surface area contributed by atoms with Crippen LogP contribution in [0, 0.1) is 5.41 Å². The third-order valence-electron chi connectivity index (χ3n) is 4.50. The summed E-state index contributed by atoms with van der Waals surface area (Å²) in [6.45, 7) is 11.7. The molecule has 30 heavy (non-hydrogen) atoms. The molecule has 2 N–H and O–H groups in total. The average molecular weight is 410 g/mol. The number of nitrogens with one attached hydrogen (secondary N) is 2. The van der Waals surface area contributed by atoms with Gasteiger partial charge in [-0.2, -0.15) is 10.2 Å². The monoisotopic (exact) mass is 409 g/mol. The lowest BCUT2D eigenvalue weighted by molar-refractivity contribution is -0.123. The first kappa shape index (κ1) is 23.2. The van der Waals surface area contributed by atoms with Gasteiger partial charge in [-0.15, -0.1) is 0 Å². The summed E-state index contributed by atoms with van der Waals surface area (Å²) in [4.78, 5) is 26.1. The highest BCUT2D eigenvalue weighted by atomic mass is 16.2. The number of hydrogen-bond donors (Lipinski definition) is 2. The van der Waals surface area contributed by atoms with Gasteiger partial charge in [0.25, 0.3) is 0 Å². The lowest BCUT2D eigenvalue weighted by Gasteiger charge is -2.17. The first-order valence-corrected chi connectivity index (χ1v) is 10.2. The Kier molecular flexibility index (Phi) is 8.24. The summed E-state index contributed by atoms with van der Waals surface area (Å²) in [5.74, 6) is -0.0760. The van der Waals surface area contributed by atoms with Crippen LogP contribution in [-0.4, -0.2) is 36.3 Å². The van der Waals surface area contributed by atoms with Crippen molar-refractivity contribution < 1.29 is 9.59 Å². The Balaban J connectivity index is 1.92. The Morgan fingerprint density at radius 1 is 0.800 bits per heavy atom. The lowest BCUT2D eigenvalue weighted by Crippen LogP contribution is -2.32. The van der Waals surface area contributed by atoms with Crippen LogP contribution in [0.2, 0.25) is 0 Å². The fourth-order valence-corrected chi connectivity index (χ4v) is 2.51. The summed E-state index contributed by atoms with van der Waals surface area (Å²) >= 11 is 0. The Morgan fingerprint density at radius 3 is 1.63 bits per heavy atom. The van der Waals surface area contributed by atoms with Gasteiger partial charge in [-0.1, -0.05) is 34.6 Å². The summed E-state index contributed by atoms with van der Waals surface area (Å²) in [7, 11) is 0. The Bertz CT molecular complexity index is 864. The number of amides is 2. The van der Waals surface area contributed by atoms with Gasteiger partial charge in [-0.3, -0.25) is 14.5 Å². The number of rotatable bonds is 8. The molecule has 0 saturated heterocycles. The van der Waals surface area contributed by atoms with Gasteiger partial charge < -0.3 is 10.6 Å². The molecule has 0 atom stereocenters. The van der Waals surface area contributed by atoms with Crippen molar-refractivity contribution in [2.45, 2.75) is 34.6 Å². The Morgan fingerprint density at radius 2 is 1.23 bits per heavy atom. The van der Waals surface area contributed by atoms with E-state index in [4.69, 9.17) is 0 Å². The van der Waals surface area contributed by atoms with Crippen molar-refractivity contribution >= 4 is 34.6 Å². The van der Waals surface area contributed by atoms with Crippen LogP contribution >= 0.6 is 0 Å². The number of benzene rings is 2. The van der Waals surface area contributed by atoms with Crippen LogP contribution in [0.25, 0.3) is 0 Å². The second kappa shape index (κ2) is 10.6. The molecule has 0 spiro atoms.